The van der Waals surface area contributed by atoms with Gasteiger partial charge in [0.15, 0.2) is 0 Å². The summed E-state index contributed by atoms with van der Waals surface area (Å²) in [6.07, 6.45) is 2.50. The van der Waals surface area contributed by atoms with E-state index in [4.69, 9.17) is 4.42 Å². The number of rotatable bonds is 6. The Morgan fingerprint density at radius 2 is 1.96 bits per heavy atom. The van der Waals surface area contributed by atoms with E-state index in [1.807, 2.05) is 30.3 Å². The van der Waals surface area contributed by atoms with E-state index in [0.29, 0.717) is 19.4 Å². The maximum Gasteiger partial charge on any atom is 0.253 e. The van der Waals surface area contributed by atoms with E-state index in [2.05, 4.69) is 5.32 Å². The topological polar surface area (TPSA) is 79.6 Å². The maximum atomic E-state index is 13.2. The van der Waals surface area contributed by atoms with E-state index < -0.39 is 16.1 Å². The molecule has 4 rings (SSSR count). The van der Waals surface area contributed by atoms with E-state index >= 15 is 0 Å². The van der Waals surface area contributed by atoms with Gasteiger partial charge < -0.3 is 9.73 Å². The minimum Gasteiger partial charge on any atom is -0.469 e. The van der Waals surface area contributed by atoms with Crippen LogP contribution in [0.1, 0.15) is 16.9 Å². The Balaban J connectivity index is 1.57. The van der Waals surface area contributed by atoms with Crippen molar-refractivity contribution in [1.82, 2.24) is 9.62 Å². The monoisotopic (exact) mass is 416 g/mol. The summed E-state index contributed by atoms with van der Waals surface area (Å²) in [5, 5.41) is 4.59. The number of carbonyl (C=O) groups excluding carboxylic acids is 1. The minimum absolute atomic E-state index is 0.187. The Morgan fingerprint density at radius 3 is 2.68 bits per heavy atom. The molecule has 146 valence electrons. The third-order valence-electron chi connectivity index (χ3n) is 4.82. The van der Waals surface area contributed by atoms with Gasteiger partial charge in [0.2, 0.25) is 5.91 Å². The number of thiophene rings is 1. The third kappa shape index (κ3) is 3.76. The summed E-state index contributed by atoms with van der Waals surface area (Å²) in [7, 11) is -3.75. The summed E-state index contributed by atoms with van der Waals surface area (Å²) in [4.78, 5) is 12.9. The lowest BCUT2D eigenvalue weighted by atomic mass is 9.95. The summed E-state index contributed by atoms with van der Waals surface area (Å²) >= 11 is 1.16. The number of furan rings is 1. The molecule has 0 saturated carbocycles. The van der Waals surface area contributed by atoms with Crippen molar-refractivity contribution in [2.75, 3.05) is 6.54 Å². The van der Waals surface area contributed by atoms with Crippen LogP contribution in [0.4, 0.5) is 0 Å². The van der Waals surface area contributed by atoms with Gasteiger partial charge in [-0.1, -0.05) is 30.3 Å². The molecule has 1 amide bonds. The van der Waals surface area contributed by atoms with Crippen molar-refractivity contribution < 1.29 is 17.6 Å². The minimum atomic E-state index is -3.75. The van der Waals surface area contributed by atoms with Gasteiger partial charge in [-0.15, -0.1) is 11.3 Å². The Bertz CT molecular complexity index is 1040. The number of nitrogens with one attached hydrogen (secondary N) is 1. The van der Waals surface area contributed by atoms with Gasteiger partial charge in [-0.3, -0.25) is 4.79 Å². The lowest BCUT2D eigenvalue weighted by molar-refractivity contribution is -0.125. The normalized spacial score (nSPS) is 17.2. The molecule has 0 bridgehead atoms. The van der Waals surface area contributed by atoms with Gasteiger partial charge in [0, 0.05) is 19.5 Å². The molecule has 1 N–H and O–H groups in total. The van der Waals surface area contributed by atoms with Crippen molar-refractivity contribution in [3.63, 3.8) is 0 Å². The van der Waals surface area contributed by atoms with Gasteiger partial charge in [0.05, 0.1) is 6.26 Å². The summed E-state index contributed by atoms with van der Waals surface area (Å²) in [5.41, 5.74) is 1.94. The molecule has 1 aromatic carbocycles. The highest BCUT2D eigenvalue weighted by Crippen LogP contribution is 2.30. The number of carbonyl (C=O) groups is 1. The molecule has 0 aliphatic carbocycles. The van der Waals surface area contributed by atoms with Crippen LogP contribution in [0.15, 0.2) is 68.8 Å². The van der Waals surface area contributed by atoms with E-state index in [1.165, 1.54) is 4.31 Å². The first-order valence-electron chi connectivity index (χ1n) is 8.98. The van der Waals surface area contributed by atoms with Crippen molar-refractivity contribution in [2.24, 2.45) is 0 Å². The largest absolute Gasteiger partial charge is 0.469 e. The van der Waals surface area contributed by atoms with Gasteiger partial charge in [0.25, 0.3) is 10.0 Å². The van der Waals surface area contributed by atoms with Gasteiger partial charge in [0.1, 0.15) is 16.0 Å². The molecular formula is C20H20N2O4S2. The fourth-order valence-corrected chi connectivity index (χ4v) is 6.07. The highest BCUT2D eigenvalue weighted by molar-refractivity contribution is 7.91. The van der Waals surface area contributed by atoms with Crippen molar-refractivity contribution in [2.45, 2.75) is 29.6 Å². The zero-order valence-corrected chi connectivity index (χ0v) is 16.7. The molecule has 3 heterocycles. The molecule has 0 saturated heterocycles. The van der Waals surface area contributed by atoms with Crippen LogP contribution in [0.2, 0.25) is 0 Å². The van der Waals surface area contributed by atoms with Crippen LogP contribution in [0.5, 0.6) is 0 Å². The van der Waals surface area contributed by atoms with Crippen LogP contribution in [0.25, 0.3) is 0 Å². The maximum absolute atomic E-state index is 13.2. The molecule has 0 spiro atoms. The Kier molecular flexibility index (Phi) is 5.34. The average molecular weight is 417 g/mol. The van der Waals surface area contributed by atoms with Crippen molar-refractivity contribution in [1.29, 1.82) is 0 Å². The number of fused-ring (bicyclic) bond motifs is 1. The Morgan fingerprint density at radius 1 is 1.14 bits per heavy atom. The standard InChI is InChI=1S/C20H20N2O4S2/c23-20(21-10-9-17-7-3-11-26-17)18-13-15-5-1-2-6-16(15)14-22(18)28(24,25)19-8-4-12-27-19/h1-8,11-12,18H,9-10,13-14H2,(H,21,23)/t18-/m0/s1. The smallest absolute Gasteiger partial charge is 0.253 e. The summed E-state index contributed by atoms with van der Waals surface area (Å²) < 4.78 is 33.2. The SMILES string of the molecule is O=C(NCCc1ccco1)[C@@H]1Cc2ccccc2CN1S(=O)(=O)c1cccs1. The number of nitrogens with zero attached hydrogens (tertiary/aromatic N) is 1. The molecular weight excluding hydrogens is 396 g/mol. The molecule has 6 nitrogen and oxygen atoms in total. The van der Waals surface area contributed by atoms with Gasteiger partial charge in [-0.25, -0.2) is 8.42 Å². The number of benzene rings is 1. The fraction of sp³-hybridized carbons (Fsp3) is 0.250. The summed E-state index contributed by atoms with van der Waals surface area (Å²) in [6, 6.07) is 13.8. The van der Waals surface area contributed by atoms with Crippen molar-refractivity contribution in [3.05, 3.63) is 77.1 Å². The fourth-order valence-electron chi connectivity index (χ4n) is 3.38. The first kappa shape index (κ1) is 18.9. The summed E-state index contributed by atoms with van der Waals surface area (Å²) in [6.45, 7) is 0.573. The quantitative estimate of drug-likeness (QED) is 0.670. The van der Waals surface area contributed by atoms with E-state index in [-0.39, 0.29) is 16.7 Å². The second kappa shape index (κ2) is 7.90. The molecule has 1 aliphatic heterocycles. The zero-order valence-electron chi connectivity index (χ0n) is 15.1. The molecule has 0 radical (unpaired) electrons. The lowest BCUT2D eigenvalue weighted by Gasteiger charge is -2.34. The van der Waals surface area contributed by atoms with Crippen LogP contribution >= 0.6 is 11.3 Å². The zero-order chi connectivity index (χ0) is 19.6. The van der Waals surface area contributed by atoms with Gasteiger partial charge >= 0.3 is 0 Å². The molecule has 1 atom stereocenters. The van der Waals surface area contributed by atoms with E-state index in [0.717, 1.165) is 28.2 Å². The average Bonchev–Trinajstić information content (AvgIpc) is 3.41. The Labute approximate surface area is 167 Å². The van der Waals surface area contributed by atoms with Gasteiger partial charge in [-0.2, -0.15) is 4.31 Å². The van der Waals surface area contributed by atoms with Gasteiger partial charge in [-0.05, 0) is 41.1 Å². The molecule has 0 fully saturated rings. The summed E-state index contributed by atoms with van der Waals surface area (Å²) in [5.74, 6) is 0.485. The molecule has 28 heavy (non-hydrogen) atoms. The van der Waals surface area contributed by atoms with Crippen LogP contribution in [-0.4, -0.2) is 31.2 Å². The van der Waals surface area contributed by atoms with Crippen LogP contribution in [0, 0.1) is 0 Å². The Hall–Kier alpha value is -2.42. The molecule has 3 aromatic rings. The predicted molar refractivity (Wildman–Crippen MR) is 106 cm³/mol. The number of hydrogen-bond donors (Lipinski definition) is 1. The third-order valence-corrected chi connectivity index (χ3v) is 8.04. The van der Waals surface area contributed by atoms with Crippen LogP contribution < -0.4 is 5.32 Å². The molecule has 0 unspecified atom stereocenters. The predicted octanol–water partition coefficient (Wildman–Crippen LogP) is 2.82. The second-order valence-electron chi connectivity index (χ2n) is 6.59. The first-order valence-corrected chi connectivity index (χ1v) is 11.3. The lowest BCUT2D eigenvalue weighted by Crippen LogP contribution is -2.52. The van der Waals surface area contributed by atoms with E-state index in [9.17, 15) is 13.2 Å². The number of amides is 1. The molecule has 2 aromatic heterocycles. The van der Waals surface area contributed by atoms with Crippen molar-refractivity contribution >= 4 is 27.3 Å². The van der Waals surface area contributed by atoms with Crippen molar-refractivity contribution in [3.8, 4) is 0 Å². The second-order valence-corrected chi connectivity index (χ2v) is 9.66. The van der Waals surface area contributed by atoms with Crippen LogP contribution in [0.3, 0.4) is 0 Å². The molecule has 8 heteroatoms. The highest BCUT2D eigenvalue weighted by atomic mass is 32.2. The molecule has 1 aliphatic rings. The highest BCUT2D eigenvalue weighted by Gasteiger charge is 2.39. The number of hydrogen-bond acceptors (Lipinski definition) is 5. The van der Waals surface area contributed by atoms with E-state index in [1.54, 1.807) is 29.8 Å². The first-order chi connectivity index (χ1) is 13.6. The number of sulfonamides is 1. The van der Waals surface area contributed by atoms with Crippen LogP contribution in [-0.2, 0) is 34.2 Å².